The zero-order valence-electron chi connectivity index (χ0n) is 7.74. The third kappa shape index (κ3) is 2.16. The summed E-state index contributed by atoms with van der Waals surface area (Å²) in [4.78, 5) is 18.4. The van der Waals surface area contributed by atoms with Gasteiger partial charge in [-0.25, -0.2) is 0 Å². The maximum atomic E-state index is 10.4. The van der Waals surface area contributed by atoms with Gasteiger partial charge in [0.1, 0.15) is 6.54 Å². The van der Waals surface area contributed by atoms with Gasteiger partial charge in [-0.05, 0) is 0 Å². The molecule has 6 heteroatoms. The van der Waals surface area contributed by atoms with Gasteiger partial charge in [0.15, 0.2) is 0 Å². The van der Waals surface area contributed by atoms with E-state index in [0.717, 1.165) is 5.56 Å². The number of carbonyl (C=O) groups is 1. The Hall–Kier alpha value is -2.24. The monoisotopic (exact) mass is 204 g/mol. The largest absolute Gasteiger partial charge is 0.480 e. The summed E-state index contributed by atoms with van der Waals surface area (Å²) in [6, 6.07) is 0. The van der Waals surface area contributed by atoms with Crippen molar-refractivity contribution in [3.8, 4) is 11.3 Å². The highest BCUT2D eigenvalue weighted by molar-refractivity contribution is 5.66. The van der Waals surface area contributed by atoms with Crippen molar-refractivity contribution < 1.29 is 9.90 Å². The molecule has 0 aliphatic carbocycles. The Balaban J connectivity index is 2.24. The second-order valence-electron chi connectivity index (χ2n) is 2.91. The number of carboxylic acids is 1. The Morgan fingerprint density at radius 3 is 2.93 bits per heavy atom. The molecule has 15 heavy (non-hydrogen) atoms. The van der Waals surface area contributed by atoms with Gasteiger partial charge in [0.25, 0.3) is 0 Å². The van der Waals surface area contributed by atoms with Crippen LogP contribution in [0.4, 0.5) is 0 Å². The van der Waals surface area contributed by atoms with Crippen molar-refractivity contribution in [2.24, 2.45) is 0 Å². The van der Waals surface area contributed by atoms with E-state index >= 15 is 0 Å². The predicted molar refractivity (Wildman–Crippen MR) is 50.9 cm³/mol. The van der Waals surface area contributed by atoms with Crippen LogP contribution in [0.3, 0.4) is 0 Å². The number of hydrogen-bond donors (Lipinski definition) is 1. The van der Waals surface area contributed by atoms with Crippen LogP contribution in [0, 0.1) is 0 Å². The number of nitrogens with zero attached hydrogens (tertiary/aromatic N) is 4. The standard InChI is InChI=1S/C9H8N4O2/c14-9(15)6-13-5-7(3-12-13)8-4-10-1-2-11-8/h1-5H,6H2,(H,14,15). The molecule has 0 bridgehead atoms. The smallest absolute Gasteiger partial charge is 0.325 e. The van der Waals surface area contributed by atoms with Crippen molar-refractivity contribution in [2.75, 3.05) is 0 Å². The lowest BCUT2D eigenvalue weighted by molar-refractivity contribution is -0.137. The first kappa shape index (κ1) is 9.32. The van der Waals surface area contributed by atoms with Crippen LogP contribution >= 0.6 is 0 Å². The van der Waals surface area contributed by atoms with Gasteiger partial charge in [-0.3, -0.25) is 19.4 Å². The van der Waals surface area contributed by atoms with Gasteiger partial charge in [0.2, 0.25) is 0 Å². The molecule has 0 aliphatic heterocycles. The number of hydrogen-bond acceptors (Lipinski definition) is 4. The summed E-state index contributed by atoms with van der Waals surface area (Å²) in [5.41, 5.74) is 1.43. The van der Waals surface area contributed by atoms with Gasteiger partial charge in [0, 0.05) is 24.2 Å². The zero-order chi connectivity index (χ0) is 10.7. The highest BCUT2D eigenvalue weighted by Crippen LogP contribution is 2.13. The molecular formula is C9H8N4O2. The lowest BCUT2D eigenvalue weighted by Gasteiger charge is -1.94. The van der Waals surface area contributed by atoms with Crippen molar-refractivity contribution in [1.82, 2.24) is 19.7 Å². The topological polar surface area (TPSA) is 80.9 Å². The molecule has 0 saturated carbocycles. The highest BCUT2D eigenvalue weighted by Gasteiger charge is 2.04. The summed E-state index contributed by atoms with van der Waals surface area (Å²) in [5.74, 6) is -0.927. The summed E-state index contributed by atoms with van der Waals surface area (Å²) in [5, 5.41) is 12.5. The van der Waals surface area contributed by atoms with Crippen molar-refractivity contribution in [3.05, 3.63) is 31.0 Å². The Labute approximate surface area is 85.2 Å². The molecule has 0 unspecified atom stereocenters. The Morgan fingerprint density at radius 2 is 2.27 bits per heavy atom. The minimum absolute atomic E-state index is 0.153. The minimum atomic E-state index is -0.927. The lowest BCUT2D eigenvalue weighted by Crippen LogP contribution is -2.08. The summed E-state index contributed by atoms with van der Waals surface area (Å²) in [6.45, 7) is -0.153. The Kier molecular flexibility index (Phi) is 2.40. The lowest BCUT2D eigenvalue weighted by atomic mass is 10.3. The van der Waals surface area contributed by atoms with E-state index in [2.05, 4.69) is 15.1 Å². The molecule has 0 atom stereocenters. The minimum Gasteiger partial charge on any atom is -0.480 e. The second kappa shape index (κ2) is 3.87. The van der Waals surface area contributed by atoms with Crippen molar-refractivity contribution in [2.45, 2.75) is 6.54 Å². The third-order valence-corrected chi connectivity index (χ3v) is 1.79. The van der Waals surface area contributed by atoms with Gasteiger partial charge in [-0.15, -0.1) is 0 Å². The van der Waals surface area contributed by atoms with E-state index in [1.54, 1.807) is 31.0 Å². The average Bonchev–Trinajstić information content (AvgIpc) is 2.67. The molecule has 6 nitrogen and oxygen atoms in total. The number of carboxylic acid groups (broad SMARTS) is 1. The third-order valence-electron chi connectivity index (χ3n) is 1.79. The van der Waals surface area contributed by atoms with Crippen molar-refractivity contribution in [3.63, 3.8) is 0 Å². The van der Waals surface area contributed by atoms with Crippen LogP contribution in [-0.4, -0.2) is 30.8 Å². The van der Waals surface area contributed by atoms with Crippen molar-refractivity contribution >= 4 is 5.97 Å². The Bertz CT molecular complexity index is 466. The SMILES string of the molecule is O=C(O)Cn1cc(-c2cnccn2)cn1. The molecule has 0 aliphatic rings. The second-order valence-corrected chi connectivity index (χ2v) is 2.91. The molecule has 2 aromatic rings. The zero-order valence-corrected chi connectivity index (χ0v) is 7.74. The number of aliphatic carboxylic acids is 1. The van der Waals surface area contributed by atoms with Crippen molar-refractivity contribution in [1.29, 1.82) is 0 Å². The quantitative estimate of drug-likeness (QED) is 0.783. The van der Waals surface area contributed by atoms with E-state index in [1.165, 1.54) is 4.68 Å². The van der Waals surface area contributed by atoms with Crippen LogP contribution in [0.15, 0.2) is 31.0 Å². The molecule has 2 rings (SSSR count). The summed E-state index contributed by atoms with van der Waals surface area (Å²) >= 11 is 0. The molecule has 0 amide bonds. The van der Waals surface area contributed by atoms with Crippen LogP contribution in [0.5, 0.6) is 0 Å². The van der Waals surface area contributed by atoms with Crippen LogP contribution in [-0.2, 0) is 11.3 Å². The predicted octanol–water partition coefficient (Wildman–Crippen LogP) is 0.425. The molecule has 0 spiro atoms. The van der Waals surface area contributed by atoms with Gasteiger partial charge in [-0.2, -0.15) is 5.10 Å². The van der Waals surface area contributed by atoms with Gasteiger partial charge < -0.3 is 5.11 Å². The van der Waals surface area contributed by atoms with E-state index in [4.69, 9.17) is 5.11 Å². The fourth-order valence-electron chi connectivity index (χ4n) is 1.17. The van der Waals surface area contributed by atoms with E-state index in [1.807, 2.05) is 0 Å². The number of rotatable bonds is 3. The molecule has 76 valence electrons. The maximum Gasteiger partial charge on any atom is 0.325 e. The van der Waals surface area contributed by atoms with Crippen LogP contribution < -0.4 is 0 Å². The molecule has 2 heterocycles. The normalized spacial score (nSPS) is 10.1. The summed E-state index contributed by atoms with van der Waals surface area (Å²) in [6.07, 6.45) is 7.93. The van der Waals surface area contributed by atoms with Crippen LogP contribution in [0.25, 0.3) is 11.3 Å². The number of aromatic nitrogens is 4. The average molecular weight is 204 g/mol. The molecule has 0 aromatic carbocycles. The Morgan fingerprint density at radius 1 is 1.40 bits per heavy atom. The highest BCUT2D eigenvalue weighted by atomic mass is 16.4. The summed E-state index contributed by atoms with van der Waals surface area (Å²) < 4.78 is 1.34. The molecule has 2 aromatic heterocycles. The van der Waals surface area contributed by atoms with Gasteiger partial charge >= 0.3 is 5.97 Å². The van der Waals surface area contributed by atoms with Crippen LogP contribution in [0.2, 0.25) is 0 Å². The molecule has 1 N–H and O–H groups in total. The molecular weight excluding hydrogens is 196 g/mol. The maximum absolute atomic E-state index is 10.4. The first-order chi connectivity index (χ1) is 7.25. The van der Waals surface area contributed by atoms with E-state index in [-0.39, 0.29) is 6.54 Å². The van der Waals surface area contributed by atoms with E-state index < -0.39 is 5.97 Å². The van der Waals surface area contributed by atoms with E-state index in [0.29, 0.717) is 5.69 Å². The van der Waals surface area contributed by atoms with Gasteiger partial charge in [0.05, 0.1) is 18.1 Å². The van der Waals surface area contributed by atoms with Crippen LogP contribution in [0.1, 0.15) is 0 Å². The summed E-state index contributed by atoms with van der Waals surface area (Å²) in [7, 11) is 0. The molecule has 0 radical (unpaired) electrons. The fraction of sp³-hybridized carbons (Fsp3) is 0.111. The molecule has 0 fully saturated rings. The first-order valence-electron chi connectivity index (χ1n) is 4.26. The molecule has 0 saturated heterocycles. The van der Waals surface area contributed by atoms with Gasteiger partial charge in [-0.1, -0.05) is 0 Å². The fourth-order valence-corrected chi connectivity index (χ4v) is 1.17. The van der Waals surface area contributed by atoms with E-state index in [9.17, 15) is 4.79 Å². The first-order valence-corrected chi connectivity index (χ1v) is 4.26.